The van der Waals surface area contributed by atoms with Gasteiger partial charge >= 0.3 is 0 Å². The Morgan fingerprint density at radius 2 is 2.00 bits per heavy atom. The number of nitrogens with one attached hydrogen (secondary N) is 1. The number of nitrogens with two attached hydrogens (primary N) is 1. The molecule has 0 atom stereocenters. The maximum atomic E-state index is 11.9. The van der Waals surface area contributed by atoms with Crippen molar-refractivity contribution in [1.29, 1.82) is 0 Å². The van der Waals surface area contributed by atoms with E-state index in [1.54, 1.807) is 24.5 Å². The fraction of sp³-hybridized carbons (Fsp3) is 0.533. The predicted octanol–water partition coefficient (Wildman–Crippen LogP) is 2.17. The maximum Gasteiger partial charge on any atom is 0.244 e. The molecule has 0 spiro atoms. The first-order valence-electron chi connectivity index (χ1n) is 6.54. The highest BCUT2D eigenvalue weighted by molar-refractivity contribution is 5.91. The van der Waals surface area contributed by atoms with Crippen LogP contribution in [0.1, 0.15) is 33.5 Å². The van der Waals surface area contributed by atoms with Gasteiger partial charge in [-0.05, 0) is 18.2 Å². The van der Waals surface area contributed by atoms with Crippen LogP contribution in [0, 0.1) is 10.8 Å². The molecule has 1 aromatic heterocycles. The number of amides is 1. The van der Waals surface area contributed by atoms with E-state index in [1.807, 2.05) is 0 Å². The summed E-state index contributed by atoms with van der Waals surface area (Å²) < 4.78 is 5.14. The third kappa shape index (κ3) is 2.32. The van der Waals surface area contributed by atoms with Crippen molar-refractivity contribution in [2.24, 2.45) is 16.6 Å². The highest BCUT2D eigenvalue weighted by atomic mass is 16.3. The van der Waals surface area contributed by atoms with Crippen LogP contribution < -0.4 is 11.1 Å². The second-order valence-corrected chi connectivity index (χ2v) is 6.41. The van der Waals surface area contributed by atoms with Gasteiger partial charge < -0.3 is 15.5 Å². The zero-order chi connectivity index (χ0) is 14.3. The molecule has 19 heavy (non-hydrogen) atoms. The molecule has 0 aromatic carbocycles. The van der Waals surface area contributed by atoms with E-state index >= 15 is 0 Å². The zero-order valence-corrected chi connectivity index (χ0v) is 11.9. The number of carbonyl (C=O) groups excluding carboxylic acids is 1. The second-order valence-electron chi connectivity index (χ2n) is 6.41. The summed E-state index contributed by atoms with van der Waals surface area (Å²) in [5.41, 5.74) is 6.00. The average Bonchev–Trinajstić information content (AvgIpc) is 2.85. The van der Waals surface area contributed by atoms with Gasteiger partial charge in [0, 0.05) is 29.0 Å². The van der Waals surface area contributed by atoms with Gasteiger partial charge in [-0.1, -0.05) is 27.7 Å². The largest absolute Gasteiger partial charge is 0.465 e. The van der Waals surface area contributed by atoms with E-state index in [1.165, 1.54) is 6.08 Å². The van der Waals surface area contributed by atoms with E-state index in [0.29, 0.717) is 5.76 Å². The van der Waals surface area contributed by atoms with Gasteiger partial charge in [0.25, 0.3) is 0 Å². The van der Waals surface area contributed by atoms with E-state index in [9.17, 15) is 4.79 Å². The van der Waals surface area contributed by atoms with Crippen LogP contribution in [0.25, 0.3) is 6.08 Å². The second kappa shape index (κ2) is 4.53. The standard InChI is InChI=1S/C15H22N2O2/c1-14(2)12(16)15(3,4)13(14)17-11(18)8-7-10-6-5-9-19-10/h5-9,12-13H,16H2,1-4H3,(H,17,18). The van der Waals surface area contributed by atoms with E-state index < -0.39 is 0 Å². The molecule has 1 aliphatic rings. The first kappa shape index (κ1) is 13.9. The number of hydrogen-bond acceptors (Lipinski definition) is 3. The number of carbonyl (C=O) groups is 1. The van der Waals surface area contributed by atoms with Gasteiger partial charge in [0.15, 0.2) is 0 Å². The van der Waals surface area contributed by atoms with Crippen LogP contribution in [0.3, 0.4) is 0 Å². The minimum Gasteiger partial charge on any atom is -0.465 e. The highest BCUT2D eigenvalue weighted by Crippen LogP contribution is 2.52. The van der Waals surface area contributed by atoms with Crippen molar-refractivity contribution in [3.05, 3.63) is 30.2 Å². The first-order valence-corrected chi connectivity index (χ1v) is 6.54. The summed E-state index contributed by atoms with van der Waals surface area (Å²) in [6.07, 6.45) is 4.73. The molecular weight excluding hydrogens is 240 g/mol. The molecule has 1 aromatic rings. The van der Waals surface area contributed by atoms with Gasteiger partial charge in [-0.3, -0.25) is 4.79 Å². The van der Waals surface area contributed by atoms with Crippen LogP contribution in [0.4, 0.5) is 0 Å². The Bertz CT molecular complexity index is 470. The Labute approximate surface area is 114 Å². The summed E-state index contributed by atoms with van der Waals surface area (Å²) in [6.45, 7) is 8.35. The fourth-order valence-corrected chi connectivity index (χ4v) is 3.29. The average molecular weight is 262 g/mol. The summed E-state index contributed by atoms with van der Waals surface area (Å²) in [5, 5.41) is 3.04. The van der Waals surface area contributed by atoms with Crippen molar-refractivity contribution in [3.8, 4) is 0 Å². The van der Waals surface area contributed by atoms with Gasteiger partial charge in [-0.15, -0.1) is 0 Å². The quantitative estimate of drug-likeness (QED) is 0.820. The van der Waals surface area contributed by atoms with Crippen molar-refractivity contribution in [2.75, 3.05) is 0 Å². The molecule has 0 radical (unpaired) electrons. The lowest BCUT2D eigenvalue weighted by Gasteiger charge is -2.62. The molecule has 1 fully saturated rings. The molecule has 0 saturated heterocycles. The summed E-state index contributed by atoms with van der Waals surface area (Å²) in [7, 11) is 0. The van der Waals surface area contributed by atoms with Crippen LogP contribution in [-0.4, -0.2) is 18.0 Å². The Balaban J connectivity index is 2.00. The van der Waals surface area contributed by atoms with Gasteiger partial charge in [0.2, 0.25) is 5.91 Å². The minimum absolute atomic E-state index is 0.0729. The molecule has 0 aliphatic heterocycles. The third-order valence-electron chi connectivity index (χ3n) is 4.32. The fourth-order valence-electron chi connectivity index (χ4n) is 3.29. The summed E-state index contributed by atoms with van der Waals surface area (Å²) >= 11 is 0. The van der Waals surface area contributed by atoms with Crippen molar-refractivity contribution in [3.63, 3.8) is 0 Å². The van der Waals surface area contributed by atoms with E-state index in [4.69, 9.17) is 10.2 Å². The molecule has 0 bridgehead atoms. The lowest BCUT2D eigenvalue weighted by atomic mass is 9.48. The van der Waals surface area contributed by atoms with Crippen molar-refractivity contribution in [1.82, 2.24) is 5.32 Å². The number of rotatable bonds is 3. The smallest absolute Gasteiger partial charge is 0.244 e. The lowest BCUT2D eigenvalue weighted by Crippen LogP contribution is -2.75. The molecule has 1 saturated carbocycles. The molecule has 1 aliphatic carbocycles. The van der Waals surface area contributed by atoms with E-state index in [2.05, 4.69) is 33.0 Å². The minimum atomic E-state index is -0.116. The van der Waals surface area contributed by atoms with E-state index in [-0.39, 0.29) is 28.8 Å². The van der Waals surface area contributed by atoms with Crippen molar-refractivity contribution < 1.29 is 9.21 Å². The first-order chi connectivity index (χ1) is 8.76. The van der Waals surface area contributed by atoms with Crippen LogP contribution in [-0.2, 0) is 4.79 Å². The molecular formula is C15H22N2O2. The molecule has 104 valence electrons. The Morgan fingerprint density at radius 1 is 1.37 bits per heavy atom. The molecule has 2 rings (SSSR count). The molecule has 1 heterocycles. The topological polar surface area (TPSA) is 68.3 Å². The normalized spacial score (nSPS) is 28.1. The van der Waals surface area contributed by atoms with Gasteiger partial charge in [0.05, 0.1) is 6.26 Å². The van der Waals surface area contributed by atoms with Crippen molar-refractivity contribution >= 4 is 12.0 Å². The molecule has 1 amide bonds. The van der Waals surface area contributed by atoms with Crippen LogP contribution in [0.15, 0.2) is 28.9 Å². The highest BCUT2D eigenvalue weighted by Gasteiger charge is 2.60. The van der Waals surface area contributed by atoms with Gasteiger partial charge in [-0.2, -0.15) is 0 Å². The SMILES string of the molecule is CC1(C)C(N)C(C)(C)C1NC(=O)C=Cc1ccco1. The summed E-state index contributed by atoms with van der Waals surface area (Å²) in [4.78, 5) is 11.9. The number of hydrogen-bond donors (Lipinski definition) is 2. The van der Waals surface area contributed by atoms with Gasteiger partial charge in [0.1, 0.15) is 5.76 Å². The Morgan fingerprint density at radius 3 is 2.53 bits per heavy atom. The monoisotopic (exact) mass is 262 g/mol. The summed E-state index contributed by atoms with van der Waals surface area (Å²) in [6, 6.07) is 3.74. The molecule has 4 heteroatoms. The van der Waals surface area contributed by atoms with Crippen LogP contribution in [0.5, 0.6) is 0 Å². The van der Waals surface area contributed by atoms with Gasteiger partial charge in [-0.25, -0.2) is 0 Å². The maximum absolute atomic E-state index is 11.9. The lowest BCUT2D eigenvalue weighted by molar-refractivity contribution is -0.127. The summed E-state index contributed by atoms with van der Waals surface area (Å²) in [5.74, 6) is 0.549. The predicted molar refractivity (Wildman–Crippen MR) is 75.2 cm³/mol. The molecule has 4 nitrogen and oxygen atoms in total. The molecule has 0 unspecified atom stereocenters. The Kier molecular flexibility index (Phi) is 3.31. The van der Waals surface area contributed by atoms with Crippen LogP contribution >= 0.6 is 0 Å². The third-order valence-corrected chi connectivity index (χ3v) is 4.32. The zero-order valence-electron chi connectivity index (χ0n) is 11.9. The van der Waals surface area contributed by atoms with E-state index in [0.717, 1.165) is 0 Å². The molecule has 3 N–H and O–H groups in total. The number of furan rings is 1. The Hall–Kier alpha value is -1.55. The van der Waals surface area contributed by atoms with Crippen molar-refractivity contribution in [2.45, 2.75) is 39.8 Å². The van der Waals surface area contributed by atoms with Crippen LogP contribution in [0.2, 0.25) is 0 Å².